The Kier molecular flexibility index (Phi) is 6.94. The van der Waals surface area contributed by atoms with Gasteiger partial charge in [-0.2, -0.15) is 0 Å². The summed E-state index contributed by atoms with van der Waals surface area (Å²) in [7, 11) is 0. The summed E-state index contributed by atoms with van der Waals surface area (Å²) in [4.78, 5) is 2.21. The molecule has 5 nitrogen and oxygen atoms in total. The first kappa shape index (κ1) is 20.6. The van der Waals surface area contributed by atoms with E-state index in [0.717, 1.165) is 23.6 Å². The summed E-state index contributed by atoms with van der Waals surface area (Å²) < 4.78 is 11.5. The van der Waals surface area contributed by atoms with Crippen LogP contribution in [0.5, 0.6) is 11.5 Å². The van der Waals surface area contributed by atoms with Gasteiger partial charge in [0.1, 0.15) is 30.3 Å². The normalized spacial score (nSPS) is 19.9. The molecule has 0 bridgehead atoms. The van der Waals surface area contributed by atoms with E-state index < -0.39 is 6.10 Å². The van der Waals surface area contributed by atoms with Crippen LogP contribution in [0, 0.1) is 6.92 Å². The maximum Gasteiger partial charge on any atom is 0.138 e. The number of benzene rings is 2. The molecule has 2 N–H and O–H groups in total. The van der Waals surface area contributed by atoms with Gasteiger partial charge in [0.2, 0.25) is 0 Å². The first-order chi connectivity index (χ1) is 13.4. The minimum atomic E-state index is -0.504. The van der Waals surface area contributed by atoms with Crippen LogP contribution in [0.3, 0.4) is 0 Å². The van der Waals surface area contributed by atoms with Crippen molar-refractivity contribution in [3.63, 3.8) is 0 Å². The van der Waals surface area contributed by atoms with Crippen molar-refractivity contribution >= 4 is 0 Å². The van der Waals surface area contributed by atoms with Crippen molar-refractivity contribution in [1.82, 2.24) is 4.90 Å². The average molecular weight is 386 g/mol. The van der Waals surface area contributed by atoms with E-state index in [4.69, 9.17) is 14.6 Å². The van der Waals surface area contributed by atoms with Crippen LogP contribution in [0.15, 0.2) is 42.5 Å². The zero-order valence-electron chi connectivity index (χ0n) is 17.0. The molecule has 1 aliphatic rings. The van der Waals surface area contributed by atoms with E-state index in [1.807, 2.05) is 30.3 Å². The van der Waals surface area contributed by atoms with Crippen LogP contribution in [0.2, 0.25) is 0 Å². The van der Waals surface area contributed by atoms with Crippen molar-refractivity contribution in [3.8, 4) is 11.5 Å². The highest BCUT2D eigenvalue weighted by Crippen LogP contribution is 2.26. The number of rotatable bonds is 8. The molecule has 152 valence electrons. The molecule has 0 aromatic heterocycles. The number of hydrogen-bond donors (Lipinski definition) is 2. The largest absolute Gasteiger partial charge is 0.491 e. The van der Waals surface area contributed by atoms with Gasteiger partial charge < -0.3 is 19.7 Å². The Hall–Kier alpha value is -2.08. The first-order valence-electron chi connectivity index (χ1n) is 9.96. The molecule has 0 aliphatic carbocycles. The summed E-state index contributed by atoms with van der Waals surface area (Å²) in [5.41, 5.74) is 3.58. The molecule has 5 heteroatoms. The molecule has 1 saturated heterocycles. The number of hydrogen-bond acceptors (Lipinski definition) is 5. The van der Waals surface area contributed by atoms with Crippen molar-refractivity contribution in [2.75, 3.05) is 26.3 Å². The van der Waals surface area contributed by atoms with Gasteiger partial charge in [0.15, 0.2) is 0 Å². The lowest BCUT2D eigenvalue weighted by molar-refractivity contribution is 0.0736. The molecule has 0 unspecified atom stereocenters. The molecular formula is C23H31NO4. The molecule has 0 saturated carbocycles. The number of aryl methyl sites for hydroxylation is 1. The Morgan fingerprint density at radius 2 is 1.82 bits per heavy atom. The van der Waals surface area contributed by atoms with Crippen molar-refractivity contribution < 1.29 is 19.7 Å². The predicted molar refractivity (Wildman–Crippen MR) is 110 cm³/mol. The summed E-state index contributed by atoms with van der Waals surface area (Å²) in [5.74, 6) is 2.03. The van der Waals surface area contributed by atoms with E-state index in [1.54, 1.807) is 0 Å². The minimum absolute atomic E-state index is 0.00834. The highest BCUT2D eigenvalue weighted by Gasteiger charge is 2.33. The Morgan fingerprint density at radius 3 is 2.50 bits per heavy atom. The Labute approximate surface area is 167 Å². The van der Waals surface area contributed by atoms with E-state index in [1.165, 1.54) is 11.1 Å². The SMILES string of the molecule is Cc1cc(O[C@H]2CN(Cc3ccc(OCCO)cc3)C[C@@H]2O)cc(C(C)C)c1. The second-order valence-corrected chi connectivity index (χ2v) is 7.87. The fourth-order valence-corrected chi connectivity index (χ4v) is 3.54. The topological polar surface area (TPSA) is 62.2 Å². The number of ether oxygens (including phenoxy) is 2. The number of aliphatic hydroxyl groups is 2. The van der Waals surface area contributed by atoms with Crippen molar-refractivity contribution in [2.45, 2.75) is 45.4 Å². The summed E-state index contributed by atoms with van der Waals surface area (Å²) >= 11 is 0. The van der Waals surface area contributed by atoms with Crippen LogP contribution in [-0.2, 0) is 6.54 Å². The number of aliphatic hydroxyl groups excluding tert-OH is 2. The van der Waals surface area contributed by atoms with Crippen molar-refractivity contribution in [2.24, 2.45) is 0 Å². The summed E-state index contributed by atoms with van der Waals surface area (Å²) in [5, 5.41) is 19.3. The minimum Gasteiger partial charge on any atom is -0.491 e. The van der Waals surface area contributed by atoms with Crippen LogP contribution in [-0.4, -0.2) is 53.6 Å². The van der Waals surface area contributed by atoms with Gasteiger partial charge in [-0.05, 0) is 53.8 Å². The molecule has 2 aromatic carbocycles. The molecule has 0 spiro atoms. The maximum atomic E-state index is 10.5. The van der Waals surface area contributed by atoms with Crippen LogP contribution in [0.4, 0.5) is 0 Å². The molecule has 2 aromatic rings. The van der Waals surface area contributed by atoms with Gasteiger partial charge >= 0.3 is 0 Å². The highest BCUT2D eigenvalue weighted by molar-refractivity contribution is 5.35. The fourth-order valence-electron chi connectivity index (χ4n) is 3.54. The van der Waals surface area contributed by atoms with E-state index in [2.05, 4.69) is 37.8 Å². The van der Waals surface area contributed by atoms with Gasteiger partial charge in [0, 0.05) is 19.6 Å². The summed E-state index contributed by atoms with van der Waals surface area (Å²) in [6, 6.07) is 14.1. The number of likely N-dealkylation sites (tertiary alicyclic amines) is 1. The first-order valence-corrected chi connectivity index (χ1v) is 9.96. The predicted octanol–water partition coefficient (Wildman–Crippen LogP) is 3.11. The van der Waals surface area contributed by atoms with Crippen molar-refractivity contribution in [3.05, 3.63) is 59.2 Å². The average Bonchev–Trinajstić information content (AvgIpc) is 2.99. The van der Waals surface area contributed by atoms with Gasteiger partial charge in [-0.15, -0.1) is 0 Å². The molecule has 1 heterocycles. The van der Waals surface area contributed by atoms with Crippen LogP contribution >= 0.6 is 0 Å². The molecule has 1 aliphatic heterocycles. The third kappa shape index (κ3) is 5.47. The molecule has 28 heavy (non-hydrogen) atoms. The molecule has 0 amide bonds. The van der Waals surface area contributed by atoms with Gasteiger partial charge in [-0.3, -0.25) is 4.90 Å². The monoisotopic (exact) mass is 385 g/mol. The van der Waals surface area contributed by atoms with Gasteiger partial charge in [-0.25, -0.2) is 0 Å². The molecule has 0 radical (unpaired) electrons. The van der Waals surface area contributed by atoms with Crippen LogP contribution in [0.25, 0.3) is 0 Å². The van der Waals surface area contributed by atoms with E-state index in [0.29, 0.717) is 25.6 Å². The Bertz CT molecular complexity index is 760. The molecule has 2 atom stereocenters. The summed E-state index contributed by atoms with van der Waals surface area (Å²) in [6.07, 6.45) is -0.732. The summed E-state index contributed by atoms with van der Waals surface area (Å²) in [6.45, 7) is 8.76. The quantitative estimate of drug-likeness (QED) is 0.731. The van der Waals surface area contributed by atoms with E-state index in [9.17, 15) is 5.11 Å². The van der Waals surface area contributed by atoms with E-state index in [-0.39, 0.29) is 12.7 Å². The fraction of sp³-hybridized carbons (Fsp3) is 0.478. The lowest BCUT2D eigenvalue weighted by Gasteiger charge is -2.19. The molecule has 1 fully saturated rings. The standard InChI is InChI=1S/C23H31NO4/c1-16(2)19-10-17(3)11-21(12-19)28-23-15-24(14-22(23)26)13-18-4-6-20(7-5-18)27-9-8-25/h4-7,10-12,16,22-23,25-26H,8-9,13-15H2,1-3H3/t22-,23-/m0/s1. The van der Waals surface area contributed by atoms with E-state index >= 15 is 0 Å². The van der Waals surface area contributed by atoms with Crippen molar-refractivity contribution in [1.29, 1.82) is 0 Å². The number of β-amino-alcohol motifs (C(OH)–C–C–N with tert-alkyl or cyclic N) is 1. The Balaban J connectivity index is 1.58. The second-order valence-electron chi connectivity index (χ2n) is 7.87. The van der Waals surface area contributed by atoms with Gasteiger partial charge in [0.05, 0.1) is 6.61 Å². The zero-order valence-corrected chi connectivity index (χ0v) is 17.0. The lowest BCUT2D eigenvalue weighted by Crippen LogP contribution is -2.30. The third-order valence-electron chi connectivity index (χ3n) is 5.03. The van der Waals surface area contributed by atoms with Gasteiger partial charge in [-0.1, -0.05) is 32.0 Å². The third-order valence-corrected chi connectivity index (χ3v) is 5.03. The molecule has 3 rings (SSSR count). The van der Waals surface area contributed by atoms with Gasteiger partial charge in [0.25, 0.3) is 0 Å². The maximum absolute atomic E-state index is 10.5. The smallest absolute Gasteiger partial charge is 0.138 e. The highest BCUT2D eigenvalue weighted by atomic mass is 16.5. The lowest BCUT2D eigenvalue weighted by atomic mass is 10.0. The second kappa shape index (κ2) is 9.41. The van der Waals surface area contributed by atoms with Crippen LogP contribution in [0.1, 0.15) is 36.5 Å². The zero-order chi connectivity index (χ0) is 20.1. The Morgan fingerprint density at radius 1 is 1.07 bits per heavy atom. The molecular weight excluding hydrogens is 354 g/mol. The number of nitrogens with zero attached hydrogens (tertiary/aromatic N) is 1. The van der Waals surface area contributed by atoms with Crippen LogP contribution < -0.4 is 9.47 Å².